The Morgan fingerprint density at radius 3 is 2.44 bits per heavy atom. The smallest absolute Gasteiger partial charge is 0.163 e. The maximum Gasteiger partial charge on any atom is 0.163 e. The van der Waals surface area contributed by atoms with Gasteiger partial charge in [0, 0.05) is 20.0 Å². The number of aliphatic hydroxyl groups excluding tert-OH is 2. The minimum atomic E-state index is -0.845. The van der Waals surface area contributed by atoms with Gasteiger partial charge < -0.3 is 24.4 Å². The minimum Gasteiger partial charge on any atom is -0.390 e. The third kappa shape index (κ3) is 2.10. The average molecular weight is 232 g/mol. The summed E-state index contributed by atoms with van der Waals surface area (Å²) in [5, 5.41) is 19.5. The Labute approximate surface area is 95.3 Å². The Kier molecular flexibility index (Phi) is 3.01. The average Bonchev–Trinajstić information content (AvgIpc) is 2.48. The van der Waals surface area contributed by atoms with Gasteiger partial charge in [-0.1, -0.05) is 0 Å². The third-order valence-corrected chi connectivity index (χ3v) is 3.38. The number of hydrogen-bond acceptors (Lipinski definition) is 5. The summed E-state index contributed by atoms with van der Waals surface area (Å²) >= 11 is 0. The lowest BCUT2D eigenvalue weighted by atomic mass is 9.80. The van der Waals surface area contributed by atoms with Crippen molar-refractivity contribution in [2.24, 2.45) is 0 Å². The zero-order valence-corrected chi connectivity index (χ0v) is 9.97. The fourth-order valence-corrected chi connectivity index (χ4v) is 2.63. The Morgan fingerprint density at radius 2 is 1.94 bits per heavy atom. The first-order chi connectivity index (χ1) is 7.37. The minimum absolute atomic E-state index is 0.386. The van der Waals surface area contributed by atoms with Crippen LogP contribution in [0.15, 0.2) is 0 Å². The maximum atomic E-state index is 9.81. The van der Waals surface area contributed by atoms with E-state index in [1.54, 1.807) is 0 Å². The molecule has 0 bridgehead atoms. The fourth-order valence-electron chi connectivity index (χ4n) is 2.63. The summed E-state index contributed by atoms with van der Waals surface area (Å²) in [4.78, 5) is 0. The number of hydrogen-bond donors (Lipinski definition) is 2. The first-order valence-electron chi connectivity index (χ1n) is 5.61. The zero-order valence-electron chi connectivity index (χ0n) is 9.97. The van der Waals surface area contributed by atoms with Crippen molar-refractivity contribution in [3.05, 3.63) is 0 Å². The number of ether oxygens (including phenoxy) is 3. The monoisotopic (exact) mass is 232 g/mol. The normalized spacial score (nSPS) is 47.4. The Bertz CT molecular complexity index is 267. The van der Waals surface area contributed by atoms with Crippen molar-refractivity contribution >= 4 is 0 Å². The molecule has 2 aliphatic rings. The van der Waals surface area contributed by atoms with Crippen LogP contribution in [0.4, 0.5) is 0 Å². The first-order valence-corrected chi connectivity index (χ1v) is 5.61. The third-order valence-electron chi connectivity index (χ3n) is 3.38. The van der Waals surface area contributed by atoms with Gasteiger partial charge in [0.05, 0.1) is 18.8 Å². The molecule has 5 nitrogen and oxygen atoms in total. The topological polar surface area (TPSA) is 68.2 Å². The molecule has 16 heavy (non-hydrogen) atoms. The quantitative estimate of drug-likeness (QED) is 0.668. The van der Waals surface area contributed by atoms with Gasteiger partial charge in [-0.25, -0.2) is 0 Å². The Hall–Kier alpha value is -0.200. The van der Waals surface area contributed by atoms with Gasteiger partial charge in [-0.3, -0.25) is 0 Å². The lowest BCUT2D eigenvalue weighted by Gasteiger charge is -2.41. The second kappa shape index (κ2) is 3.92. The van der Waals surface area contributed by atoms with Gasteiger partial charge in [0.25, 0.3) is 0 Å². The van der Waals surface area contributed by atoms with Crippen molar-refractivity contribution in [1.29, 1.82) is 0 Å². The van der Waals surface area contributed by atoms with E-state index in [1.165, 1.54) is 7.11 Å². The van der Waals surface area contributed by atoms with Gasteiger partial charge >= 0.3 is 0 Å². The molecule has 0 aromatic rings. The highest BCUT2D eigenvalue weighted by Crippen LogP contribution is 2.42. The standard InChI is InChI=1S/C11H20O5/c1-10(2)15-6-11(16-10)4-7(12)9(13)8(5-11)14-3/h7-9,12-13H,4-6H2,1-3H3/t7-,8-,9-,11+/m1/s1. The number of rotatable bonds is 1. The van der Waals surface area contributed by atoms with E-state index in [0.717, 1.165) is 0 Å². The molecule has 1 saturated heterocycles. The number of aliphatic hydroxyl groups is 2. The highest BCUT2D eigenvalue weighted by Gasteiger charge is 2.53. The lowest BCUT2D eigenvalue weighted by Crippen LogP contribution is -2.54. The molecule has 94 valence electrons. The predicted molar refractivity (Wildman–Crippen MR) is 55.9 cm³/mol. The van der Waals surface area contributed by atoms with Crippen molar-refractivity contribution in [1.82, 2.24) is 0 Å². The molecule has 0 aromatic heterocycles. The van der Waals surface area contributed by atoms with E-state index in [9.17, 15) is 10.2 Å². The summed E-state index contributed by atoms with van der Waals surface area (Å²) in [6.45, 7) is 4.13. The Balaban J connectivity index is 2.13. The zero-order chi connectivity index (χ0) is 12.0. The van der Waals surface area contributed by atoms with Crippen LogP contribution in [-0.4, -0.2) is 53.6 Å². The van der Waals surface area contributed by atoms with Crippen molar-refractivity contribution in [3.8, 4) is 0 Å². The van der Waals surface area contributed by atoms with Crippen molar-refractivity contribution in [2.45, 2.75) is 56.4 Å². The highest BCUT2D eigenvalue weighted by atomic mass is 16.8. The fraction of sp³-hybridized carbons (Fsp3) is 1.00. The molecule has 5 heteroatoms. The summed E-state index contributed by atoms with van der Waals surface area (Å²) < 4.78 is 16.6. The van der Waals surface area contributed by atoms with E-state index in [0.29, 0.717) is 19.4 Å². The van der Waals surface area contributed by atoms with Crippen LogP contribution in [0, 0.1) is 0 Å². The van der Waals surface area contributed by atoms with Crippen molar-refractivity contribution in [3.63, 3.8) is 0 Å². The molecule has 1 saturated carbocycles. The molecule has 1 aliphatic heterocycles. The van der Waals surface area contributed by atoms with E-state index in [-0.39, 0.29) is 0 Å². The van der Waals surface area contributed by atoms with Gasteiger partial charge in [0.15, 0.2) is 5.79 Å². The van der Waals surface area contributed by atoms with Gasteiger partial charge in [-0.15, -0.1) is 0 Å². The summed E-state index contributed by atoms with van der Waals surface area (Å²) in [5.74, 6) is -0.625. The van der Waals surface area contributed by atoms with Crippen LogP contribution in [0.25, 0.3) is 0 Å². The first kappa shape index (κ1) is 12.3. The van der Waals surface area contributed by atoms with E-state index >= 15 is 0 Å². The van der Waals surface area contributed by atoms with E-state index in [1.807, 2.05) is 13.8 Å². The van der Waals surface area contributed by atoms with Crippen molar-refractivity contribution in [2.75, 3.05) is 13.7 Å². The largest absolute Gasteiger partial charge is 0.390 e. The molecule has 2 rings (SSSR count). The SMILES string of the molecule is CO[C@@H]1C[C@]2(COC(C)(C)O2)C[C@@H](O)[C@H]1O. The van der Waals surface area contributed by atoms with Gasteiger partial charge in [0.2, 0.25) is 0 Å². The van der Waals surface area contributed by atoms with Crippen molar-refractivity contribution < 1.29 is 24.4 Å². The van der Waals surface area contributed by atoms with E-state index in [2.05, 4.69) is 0 Å². The summed E-state index contributed by atoms with van der Waals surface area (Å²) in [5.41, 5.74) is -0.525. The van der Waals surface area contributed by atoms with Crippen LogP contribution in [0.5, 0.6) is 0 Å². The van der Waals surface area contributed by atoms with E-state index in [4.69, 9.17) is 14.2 Å². The molecule has 0 unspecified atom stereocenters. The van der Waals surface area contributed by atoms with Crippen LogP contribution in [0.1, 0.15) is 26.7 Å². The maximum absolute atomic E-state index is 9.81. The molecule has 4 atom stereocenters. The molecule has 1 spiro atoms. The van der Waals surface area contributed by atoms with E-state index < -0.39 is 29.7 Å². The van der Waals surface area contributed by atoms with Crippen LogP contribution < -0.4 is 0 Å². The molecule has 1 heterocycles. The predicted octanol–water partition coefficient (Wildman–Crippen LogP) is 0.0387. The van der Waals surface area contributed by atoms with Crippen LogP contribution in [0.2, 0.25) is 0 Å². The second-order valence-electron chi connectivity index (χ2n) is 5.21. The highest BCUT2D eigenvalue weighted by molar-refractivity contribution is 5.00. The van der Waals surface area contributed by atoms with Crippen LogP contribution in [-0.2, 0) is 14.2 Å². The second-order valence-corrected chi connectivity index (χ2v) is 5.21. The summed E-state index contributed by atoms with van der Waals surface area (Å²) in [7, 11) is 1.53. The number of methoxy groups -OCH3 is 1. The van der Waals surface area contributed by atoms with Gasteiger partial charge in [-0.05, 0) is 13.8 Å². The van der Waals surface area contributed by atoms with Gasteiger partial charge in [-0.2, -0.15) is 0 Å². The summed E-state index contributed by atoms with van der Waals surface area (Å²) in [6, 6.07) is 0. The molecule has 2 N–H and O–H groups in total. The molecule has 0 amide bonds. The molecular formula is C11H20O5. The molecule has 1 aliphatic carbocycles. The lowest BCUT2D eigenvalue weighted by molar-refractivity contribution is -0.205. The molecule has 0 radical (unpaired) electrons. The molecular weight excluding hydrogens is 212 g/mol. The Morgan fingerprint density at radius 1 is 1.25 bits per heavy atom. The van der Waals surface area contributed by atoms with Gasteiger partial charge in [0.1, 0.15) is 11.7 Å². The molecule has 2 fully saturated rings. The van der Waals surface area contributed by atoms with Crippen LogP contribution >= 0.6 is 0 Å². The molecule has 0 aromatic carbocycles. The van der Waals surface area contributed by atoms with Crippen LogP contribution in [0.3, 0.4) is 0 Å². The summed E-state index contributed by atoms with van der Waals surface area (Å²) in [6.07, 6.45) is -1.14.